The molecule has 2 heterocycles. The number of aromatic nitrogens is 2. The zero-order valence-corrected chi connectivity index (χ0v) is 7.71. The lowest BCUT2D eigenvalue weighted by molar-refractivity contribution is -0.125. The summed E-state index contributed by atoms with van der Waals surface area (Å²) in [6.45, 7) is 1.35. The van der Waals surface area contributed by atoms with Crippen LogP contribution in [-0.2, 0) is 4.79 Å². The predicted octanol–water partition coefficient (Wildman–Crippen LogP) is 0.957. The van der Waals surface area contributed by atoms with Crippen LogP contribution in [0.3, 0.4) is 0 Å². The molecule has 0 saturated heterocycles. The van der Waals surface area contributed by atoms with Crippen LogP contribution in [0.15, 0.2) is 30.6 Å². The molecule has 0 amide bonds. The Hall–Kier alpha value is -1.68. The van der Waals surface area contributed by atoms with Crippen molar-refractivity contribution in [3.63, 3.8) is 0 Å². The first-order chi connectivity index (χ1) is 6.70. The Morgan fingerprint density at radius 2 is 2.36 bits per heavy atom. The first-order valence-electron chi connectivity index (χ1n) is 4.30. The molecule has 1 atom stereocenters. The average molecular weight is 190 g/mol. The van der Waals surface area contributed by atoms with Crippen molar-refractivity contribution >= 4 is 11.4 Å². The summed E-state index contributed by atoms with van der Waals surface area (Å²) < 4.78 is 1.70. The minimum atomic E-state index is -1.09. The van der Waals surface area contributed by atoms with Gasteiger partial charge in [-0.1, -0.05) is 6.07 Å². The van der Waals surface area contributed by atoms with Gasteiger partial charge in [-0.15, -0.1) is 0 Å². The van der Waals surface area contributed by atoms with Gasteiger partial charge in [-0.25, -0.2) is 4.98 Å². The minimum absolute atomic E-state index is 0.282. The molecule has 2 rings (SSSR count). The fraction of sp³-hybridized carbons (Fsp3) is 0.200. The number of hydrogen-bond acceptors (Lipinski definition) is 3. The van der Waals surface area contributed by atoms with Gasteiger partial charge in [0.1, 0.15) is 5.65 Å². The van der Waals surface area contributed by atoms with Gasteiger partial charge in [0.15, 0.2) is 11.9 Å². The number of nitrogens with zero attached hydrogens (tertiary/aromatic N) is 2. The van der Waals surface area contributed by atoms with E-state index in [9.17, 15) is 9.90 Å². The van der Waals surface area contributed by atoms with Crippen molar-refractivity contribution in [1.82, 2.24) is 9.38 Å². The predicted molar refractivity (Wildman–Crippen MR) is 50.8 cm³/mol. The second-order valence-corrected chi connectivity index (χ2v) is 3.13. The molecule has 1 N–H and O–H groups in total. The highest BCUT2D eigenvalue weighted by atomic mass is 16.3. The minimum Gasteiger partial charge on any atom is -0.379 e. The maximum atomic E-state index is 11.0. The average Bonchev–Trinajstić information content (AvgIpc) is 2.60. The summed E-state index contributed by atoms with van der Waals surface area (Å²) in [5.41, 5.74) is 1.23. The molecule has 0 bridgehead atoms. The largest absolute Gasteiger partial charge is 0.379 e. The first-order valence-corrected chi connectivity index (χ1v) is 4.30. The molecule has 0 aliphatic carbocycles. The third-order valence-corrected chi connectivity index (χ3v) is 2.11. The molecule has 0 aliphatic heterocycles. The van der Waals surface area contributed by atoms with Crippen LogP contribution in [0.5, 0.6) is 0 Å². The van der Waals surface area contributed by atoms with Crippen LogP contribution in [0.25, 0.3) is 5.65 Å². The fourth-order valence-electron chi connectivity index (χ4n) is 1.36. The summed E-state index contributed by atoms with van der Waals surface area (Å²) in [7, 11) is 0. The summed E-state index contributed by atoms with van der Waals surface area (Å²) >= 11 is 0. The van der Waals surface area contributed by atoms with E-state index in [2.05, 4.69) is 4.98 Å². The quantitative estimate of drug-likeness (QED) is 0.767. The van der Waals surface area contributed by atoms with Crippen LogP contribution < -0.4 is 0 Å². The number of ketones is 1. The Morgan fingerprint density at radius 1 is 1.57 bits per heavy atom. The van der Waals surface area contributed by atoms with Crippen LogP contribution in [-0.4, -0.2) is 20.3 Å². The number of carbonyl (C=O) groups is 1. The van der Waals surface area contributed by atoms with E-state index in [1.54, 1.807) is 10.6 Å². The highest BCUT2D eigenvalue weighted by Gasteiger charge is 2.16. The third-order valence-electron chi connectivity index (χ3n) is 2.11. The number of rotatable bonds is 2. The first kappa shape index (κ1) is 8.90. The van der Waals surface area contributed by atoms with Gasteiger partial charge in [0.05, 0.1) is 11.9 Å². The highest BCUT2D eigenvalue weighted by molar-refractivity contribution is 5.81. The van der Waals surface area contributed by atoms with E-state index >= 15 is 0 Å². The molecular formula is C10H10N2O2. The maximum absolute atomic E-state index is 11.0. The summed E-state index contributed by atoms with van der Waals surface area (Å²) in [5.74, 6) is -0.282. The van der Waals surface area contributed by atoms with Gasteiger partial charge in [0.25, 0.3) is 0 Å². The second-order valence-electron chi connectivity index (χ2n) is 3.13. The van der Waals surface area contributed by atoms with Crippen LogP contribution in [0, 0.1) is 0 Å². The van der Waals surface area contributed by atoms with Crippen LogP contribution >= 0.6 is 0 Å². The third kappa shape index (κ3) is 1.29. The van der Waals surface area contributed by atoms with Crippen molar-refractivity contribution in [2.45, 2.75) is 13.0 Å². The van der Waals surface area contributed by atoms with E-state index in [0.717, 1.165) is 5.65 Å². The summed E-state index contributed by atoms with van der Waals surface area (Å²) in [6, 6.07) is 5.49. The van der Waals surface area contributed by atoms with Crippen molar-refractivity contribution in [3.8, 4) is 0 Å². The monoisotopic (exact) mass is 190 g/mol. The lowest BCUT2D eigenvalue weighted by Gasteiger charge is -2.05. The van der Waals surface area contributed by atoms with E-state index in [1.165, 1.54) is 13.1 Å². The number of aliphatic hydroxyl groups excluding tert-OH is 1. The van der Waals surface area contributed by atoms with Gasteiger partial charge >= 0.3 is 0 Å². The summed E-state index contributed by atoms with van der Waals surface area (Å²) in [5, 5.41) is 9.57. The van der Waals surface area contributed by atoms with Gasteiger partial charge < -0.3 is 9.51 Å². The second kappa shape index (κ2) is 3.23. The van der Waals surface area contributed by atoms with Crippen molar-refractivity contribution < 1.29 is 9.90 Å². The number of hydrogen-bond donors (Lipinski definition) is 1. The zero-order chi connectivity index (χ0) is 10.1. The molecular weight excluding hydrogens is 180 g/mol. The smallest absolute Gasteiger partial charge is 0.164 e. The van der Waals surface area contributed by atoms with E-state index in [1.807, 2.05) is 18.2 Å². The lowest BCUT2D eigenvalue weighted by Crippen LogP contribution is -2.09. The molecule has 72 valence electrons. The number of imidazole rings is 1. The SMILES string of the molecule is CC(=O)C(O)c1cnc2ccccn12. The summed E-state index contributed by atoms with van der Waals surface area (Å²) in [6.07, 6.45) is 2.19. The van der Waals surface area contributed by atoms with Gasteiger partial charge in [-0.3, -0.25) is 4.79 Å². The van der Waals surface area contributed by atoms with E-state index in [-0.39, 0.29) is 5.78 Å². The Bertz CT molecular complexity index is 476. The molecule has 2 aromatic heterocycles. The molecule has 0 aliphatic rings. The summed E-state index contributed by atoms with van der Waals surface area (Å²) in [4.78, 5) is 15.1. The van der Waals surface area contributed by atoms with E-state index in [4.69, 9.17) is 0 Å². The number of fused-ring (bicyclic) bond motifs is 1. The van der Waals surface area contributed by atoms with E-state index in [0.29, 0.717) is 5.69 Å². The van der Waals surface area contributed by atoms with Crippen LogP contribution in [0.2, 0.25) is 0 Å². The van der Waals surface area contributed by atoms with Gasteiger partial charge in [0.2, 0.25) is 0 Å². The molecule has 4 nitrogen and oxygen atoms in total. The molecule has 1 unspecified atom stereocenters. The Morgan fingerprint density at radius 3 is 3.07 bits per heavy atom. The molecule has 14 heavy (non-hydrogen) atoms. The van der Waals surface area contributed by atoms with Gasteiger partial charge in [-0.05, 0) is 19.1 Å². The highest BCUT2D eigenvalue weighted by Crippen LogP contribution is 2.15. The molecule has 2 aromatic rings. The zero-order valence-electron chi connectivity index (χ0n) is 7.71. The van der Waals surface area contributed by atoms with Crippen molar-refractivity contribution in [2.75, 3.05) is 0 Å². The van der Waals surface area contributed by atoms with Gasteiger partial charge in [-0.2, -0.15) is 0 Å². The molecule has 0 spiro atoms. The molecule has 0 saturated carbocycles. The topological polar surface area (TPSA) is 54.6 Å². The normalized spacial score (nSPS) is 13.0. The van der Waals surface area contributed by atoms with Crippen molar-refractivity contribution in [2.24, 2.45) is 0 Å². The van der Waals surface area contributed by atoms with Crippen LogP contribution in [0.1, 0.15) is 18.7 Å². The van der Waals surface area contributed by atoms with Crippen LogP contribution in [0.4, 0.5) is 0 Å². The number of Topliss-reactive ketones (excluding diaryl/α,β-unsaturated/α-hetero) is 1. The molecule has 4 heteroatoms. The van der Waals surface area contributed by atoms with Crippen molar-refractivity contribution in [3.05, 3.63) is 36.3 Å². The Labute approximate surface area is 80.8 Å². The Kier molecular flexibility index (Phi) is 2.05. The lowest BCUT2D eigenvalue weighted by atomic mass is 10.2. The molecule has 0 aromatic carbocycles. The van der Waals surface area contributed by atoms with Crippen molar-refractivity contribution in [1.29, 1.82) is 0 Å². The van der Waals surface area contributed by atoms with E-state index < -0.39 is 6.10 Å². The number of carbonyl (C=O) groups excluding carboxylic acids is 1. The molecule has 0 radical (unpaired) electrons. The Balaban J connectivity index is 2.58. The standard InChI is InChI=1S/C10H10N2O2/c1-7(13)10(14)8-6-11-9-4-2-3-5-12(8)9/h2-6,10,14H,1H3. The maximum Gasteiger partial charge on any atom is 0.164 e. The number of aliphatic hydroxyl groups is 1. The fourth-order valence-corrected chi connectivity index (χ4v) is 1.36. The molecule has 0 fully saturated rings. The number of pyridine rings is 1. The van der Waals surface area contributed by atoms with Gasteiger partial charge in [0, 0.05) is 6.20 Å².